The summed E-state index contributed by atoms with van der Waals surface area (Å²) in [6.45, 7) is 0.111. The Bertz CT molecular complexity index is 461. The normalized spacial score (nSPS) is 15.7. The molecular formula is C14H17ClFNO2. The molecule has 104 valence electrons. The van der Waals surface area contributed by atoms with Crippen LogP contribution in [0.4, 0.5) is 4.39 Å². The molecule has 0 bridgehead atoms. The van der Waals surface area contributed by atoms with Crippen LogP contribution in [0, 0.1) is 5.82 Å². The van der Waals surface area contributed by atoms with Gasteiger partial charge in [0, 0.05) is 17.6 Å². The number of carbonyl (C=O) groups excluding carboxylic acids is 1. The van der Waals surface area contributed by atoms with Gasteiger partial charge in [-0.15, -0.1) is 0 Å². The molecule has 1 N–H and O–H groups in total. The third-order valence-corrected chi connectivity index (χ3v) is 3.76. The van der Waals surface area contributed by atoms with Crippen LogP contribution in [0.2, 0.25) is 5.02 Å². The number of hydrogen-bond acceptors (Lipinski definition) is 2. The summed E-state index contributed by atoms with van der Waals surface area (Å²) in [6, 6.07) is 4.05. The maximum Gasteiger partial charge on any atom is 0.257 e. The Hall–Kier alpha value is -1.13. The van der Waals surface area contributed by atoms with Gasteiger partial charge in [0.2, 0.25) is 0 Å². The van der Waals surface area contributed by atoms with E-state index in [1.165, 1.54) is 18.2 Å². The lowest BCUT2D eigenvalue weighted by Crippen LogP contribution is -2.41. The molecule has 0 heterocycles. The molecule has 0 aromatic heterocycles. The van der Waals surface area contributed by atoms with Crippen molar-refractivity contribution in [2.75, 3.05) is 13.2 Å². The minimum absolute atomic E-state index is 0.0205. The number of carbonyl (C=O) groups is 1. The molecule has 19 heavy (non-hydrogen) atoms. The Morgan fingerprint density at radius 2 is 2.11 bits per heavy atom. The van der Waals surface area contributed by atoms with Crippen molar-refractivity contribution < 1.29 is 14.3 Å². The Labute approximate surface area is 117 Å². The van der Waals surface area contributed by atoms with Gasteiger partial charge in [-0.3, -0.25) is 4.79 Å². The fraction of sp³-hybridized carbons (Fsp3) is 0.500. The van der Waals surface area contributed by atoms with Crippen LogP contribution in [0.15, 0.2) is 18.2 Å². The molecule has 0 spiro atoms. The van der Waals surface area contributed by atoms with E-state index in [0.717, 1.165) is 25.7 Å². The molecule has 2 rings (SSSR count). The van der Waals surface area contributed by atoms with E-state index in [2.05, 4.69) is 0 Å². The number of benzene rings is 1. The van der Waals surface area contributed by atoms with Gasteiger partial charge in [-0.1, -0.05) is 24.4 Å². The molecule has 5 heteroatoms. The molecule has 1 aromatic carbocycles. The lowest BCUT2D eigenvalue weighted by Gasteiger charge is -2.28. The van der Waals surface area contributed by atoms with Gasteiger partial charge in [0.15, 0.2) is 0 Å². The average Bonchev–Trinajstić information content (AvgIpc) is 2.92. The summed E-state index contributed by atoms with van der Waals surface area (Å²) in [5.41, 5.74) is -0.0205. The molecule has 1 aromatic rings. The molecule has 1 amide bonds. The number of amides is 1. The maximum atomic E-state index is 13.7. The zero-order valence-corrected chi connectivity index (χ0v) is 11.4. The van der Waals surface area contributed by atoms with Crippen molar-refractivity contribution in [1.82, 2.24) is 4.90 Å². The second-order valence-corrected chi connectivity index (χ2v) is 5.22. The number of aliphatic hydroxyl groups excluding tert-OH is 1. The summed E-state index contributed by atoms with van der Waals surface area (Å²) in [4.78, 5) is 14.0. The summed E-state index contributed by atoms with van der Waals surface area (Å²) in [5.74, 6) is -0.962. The highest BCUT2D eigenvalue weighted by Gasteiger charge is 2.28. The number of nitrogens with zero attached hydrogens (tertiary/aromatic N) is 1. The van der Waals surface area contributed by atoms with Gasteiger partial charge in [-0.25, -0.2) is 4.39 Å². The van der Waals surface area contributed by atoms with Crippen LogP contribution in [0.1, 0.15) is 36.0 Å². The molecule has 1 aliphatic rings. The monoisotopic (exact) mass is 285 g/mol. The van der Waals surface area contributed by atoms with E-state index in [0.29, 0.717) is 5.02 Å². The third kappa shape index (κ3) is 3.25. The van der Waals surface area contributed by atoms with Crippen LogP contribution >= 0.6 is 11.6 Å². The topological polar surface area (TPSA) is 40.5 Å². The first-order valence-corrected chi connectivity index (χ1v) is 6.88. The van der Waals surface area contributed by atoms with Crippen molar-refractivity contribution in [2.45, 2.75) is 31.7 Å². The minimum atomic E-state index is -0.574. The third-order valence-electron chi connectivity index (χ3n) is 3.53. The van der Waals surface area contributed by atoms with E-state index in [9.17, 15) is 9.18 Å². The molecule has 1 fully saturated rings. The van der Waals surface area contributed by atoms with Gasteiger partial charge in [-0.2, -0.15) is 0 Å². The smallest absolute Gasteiger partial charge is 0.257 e. The standard InChI is InChI=1S/C14H17ClFNO2/c15-10-5-6-13(16)12(9-10)14(19)17(7-8-18)11-3-1-2-4-11/h5-6,9,11,18H,1-4,7-8H2. The van der Waals surface area contributed by atoms with E-state index in [4.69, 9.17) is 16.7 Å². The van der Waals surface area contributed by atoms with Crippen molar-refractivity contribution in [3.63, 3.8) is 0 Å². The Kier molecular flexibility index (Phi) is 4.77. The van der Waals surface area contributed by atoms with Gasteiger partial charge in [0.05, 0.1) is 12.2 Å². The summed E-state index contributed by atoms with van der Waals surface area (Å²) in [7, 11) is 0. The summed E-state index contributed by atoms with van der Waals surface area (Å²) < 4.78 is 13.7. The molecule has 1 aliphatic carbocycles. The van der Waals surface area contributed by atoms with Crippen LogP contribution in [0.5, 0.6) is 0 Å². The van der Waals surface area contributed by atoms with Gasteiger partial charge in [-0.05, 0) is 31.0 Å². The molecule has 0 saturated heterocycles. The van der Waals surface area contributed by atoms with Crippen molar-refractivity contribution in [3.05, 3.63) is 34.6 Å². The van der Waals surface area contributed by atoms with Crippen LogP contribution in [0.25, 0.3) is 0 Å². The van der Waals surface area contributed by atoms with Crippen molar-refractivity contribution in [3.8, 4) is 0 Å². The summed E-state index contributed by atoms with van der Waals surface area (Å²) in [5, 5.41) is 9.44. The van der Waals surface area contributed by atoms with Crippen molar-refractivity contribution in [2.24, 2.45) is 0 Å². The summed E-state index contributed by atoms with van der Waals surface area (Å²) in [6.07, 6.45) is 3.96. The molecule has 0 radical (unpaired) electrons. The Morgan fingerprint density at radius 3 is 2.74 bits per heavy atom. The predicted molar refractivity (Wildman–Crippen MR) is 71.8 cm³/mol. The van der Waals surface area contributed by atoms with E-state index in [1.807, 2.05) is 0 Å². The second-order valence-electron chi connectivity index (χ2n) is 4.78. The highest BCUT2D eigenvalue weighted by molar-refractivity contribution is 6.31. The highest BCUT2D eigenvalue weighted by Crippen LogP contribution is 2.26. The van der Waals surface area contributed by atoms with E-state index in [-0.39, 0.29) is 30.7 Å². The zero-order valence-electron chi connectivity index (χ0n) is 10.6. The first-order chi connectivity index (χ1) is 9.13. The van der Waals surface area contributed by atoms with Gasteiger partial charge in [0.25, 0.3) is 5.91 Å². The molecule has 1 saturated carbocycles. The van der Waals surface area contributed by atoms with Crippen molar-refractivity contribution >= 4 is 17.5 Å². The molecular weight excluding hydrogens is 269 g/mol. The van der Waals surface area contributed by atoms with Crippen LogP contribution in [-0.2, 0) is 0 Å². The van der Waals surface area contributed by atoms with E-state index < -0.39 is 5.82 Å². The first kappa shape index (κ1) is 14.3. The first-order valence-electron chi connectivity index (χ1n) is 6.50. The zero-order chi connectivity index (χ0) is 13.8. The second kappa shape index (κ2) is 6.35. The van der Waals surface area contributed by atoms with E-state index >= 15 is 0 Å². The van der Waals surface area contributed by atoms with Gasteiger partial charge in [0.1, 0.15) is 5.82 Å². The van der Waals surface area contributed by atoms with Gasteiger partial charge >= 0.3 is 0 Å². The summed E-state index contributed by atoms with van der Waals surface area (Å²) >= 11 is 5.82. The fourth-order valence-corrected chi connectivity index (χ4v) is 2.76. The fourth-order valence-electron chi connectivity index (χ4n) is 2.59. The van der Waals surface area contributed by atoms with Crippen LogP contribution in [-0.4, -0.2) is 35.1 Å². The van der Waals surface area contributed by atoms with Crippen LogP contribution in [0.3, 0.4) is 0 Å². The lowest BCUT2D eigenvalue weighted by molar-refractivity contribution is 0.0633. The Morgan fingerprint density at radius 1 is 1.42 bits per heavy atom. The molecule has 0 atom stereocenters. The minimum Gasteiger partial charge on any atom is -0.395 e. The predicted octanol–water partition coefficient (Wildman–Crippen LogP) is 2.86. The van der Waals surface area contributed by atoms with Crippen LogP contribution < -0.4 is 0 Å². The number of rotatable bonds is 4. The number of halogens is 2. The SMILES string of the molecule is O=C(c1cc(Cl)ccc1F)N(CCO)C1CCCC1. The van der Waals surface area contributed by atoms with Crippen molar-refractivity contribution in [1.29, 1.82) is 0 Å². The average molecular weight is 286 g/mol. The quantitative estimate of drug-likeness (QED) is 0.924. The number of aliphatic hydroxyl groups is 1. The Balaban J connectivity index is 2.25. The molecule has 3 nitrogen and oxygen atoms in total. The lowest BCUT2D eigenvalue weighted by atomic mass is 10.1. The molecule has 0 aliphatic heterocycles. The maximum absolute atomic E-state index is 13.7. The largest absolute Gasteiger partial charge is 0.395 e. The molecule has 0 unspecified atom stereocenters. The number of hydrogen-bond donors (Lipinski definition) is 1. The van der Waals surface area contributed by atoms with Gasteiger partial charge < -0.3 is 10.0 Å². The van der Waals surface area contributed by atoms with E-state index in [1.54, 1.807) is 4.90 Å². The highest BCUT2D eigenvalue weighted by atomic mass is 35.5.